The summed E-state index contributed by atoms with van der Waals surface area (Å²) in [7, 11) is 0. The van der Waals surface area contributed by atoms with Crippen molar-refractivity contribution >= 4 is 23.5 Å². The molecule has 3 aliphatic carbocycles. The molecule has 1 atom stereocenters. The van der Waals surface area contributed by atoms with E-state index in [4.69, 9.17) is 4.74 Å². The van der Waals surface area contributed by atoms with Gasteiger partial charge in [0.25, 0.3) is 0 Å². The third kappa shape index (κ3) is 2.18. The quantitative estimate of drug-likeness (QED) is 0.447. The lowest BCUT2D eigenvalue weighted by molar-refractivity contribution is -0.203. The van der Waals surface area contributed by atoms with E-state index in [1.54, 1.807) is 0 Å². The summed E-state index contributed by atoms with van der Waals surface area (Å²) < 4.78 is 20.7. The number of nitrogens with zero attached hydrogens (tertiary/aromatic N) is 1. The Kier molecular flexibility index (Phi) is 3.26. The highest BCUT2D eigenvalue weighted by atomic mass is 32.2. The van der Waals surface area contributed by atoms with Crippen molar-refractivity contribution in [3.05, 3.63) is 0 Å². The molecular weight excluding hydrogens is 250 g/mol. The van der Waals surface area contributed by atoms with E-state index >= 15 is 0 Å². The third-order valence-corrected chi connectivity index (χ3v) is 5.07. The summed E-state index contributed by atoms with van der Waals surface area (Å²) in [6.45, 7) is 7.98. The van der Waals surface area contributed by atoms with Gasteiger partial charge in [-0.2, -0.15) is 0 Å². The zero-order valence-corrected chi connectivity index (χ0v) is 12.3. The van der Waals surface area contributed by atoms with Crippen LogP contribution < -0.4 is 0 Å². The van der Waals surface area contributed by atoms with Crippen LogP contribution in [-0.4, -0.2) is 28.1 Å². The minimum absolute atomic E-state index is 0.0215. The highest BCUT2D eigenvalue weighted by molar-refractivity contribution is 7.91. The molecule has 0 spiro atoms. The van der Waals surface area contributed by atoms with Gasteiger partial charge in [-0.15, -0.1) is 0 Å². The molecule has 0 aromatic rings. The Morgan fingerprint density at radius 3 is 2.44 bits per heavy atom. The van der Waals surface area contributed by atoms with E-state index in [1.807, 2.05) is 33.9 Å². The molecule has 102 valence electrons. The fourth-order valence-electron chi connectivity index (χ4n) is 2.82. The lowest BCUT2D eigenvalue weighted by atomic mass is 9.35. The van der Waals surface area contributed by atoms with E-state index in [-0.39, 0.29) is 21.5 Å². The van der Waals surface area contributed by atoms with Crippen molar-refractivity contribution < 1.29 is 14.1 Å². The predicted molar refractivity (Wildman–Crippen MR) is 71.7 cm³/mol. The number of carbonyl (C=O) groups is 1. The molecule has 0 saturated heterocycles. The summed E-state index contributed by atoms with van der Waals surface area (Å²) in [4.78, 5) is 11.7. The topological polar surface area (TPSA) is 61.7 Å². The maximum absolute atomic E-state index is 11.8. The van der Waals surface area contributed by atoms with E-state index < -0.39 is 11.4 Å². The number of ether oxygens (including phenoxy) is 1. The Labute approximate surface area is 112 Å². The van der Waals surface area contributed by atoms with Crippen molar-refractivity contribution in [2.24, 2.45) is 15.2 Å². The third-order valence-electron chi connectivity index (χ3n) is 3.73. The highest BCUT2D eigenvalue weighted by Gasteiger charge is 2.72. The maximum Gasteiger partial charge on any atom is 0.312 e. The Morgan fingerprint density at radius 2 is 2.00 bits per heavy atom. The van der Waals surface area contributed by atoms with Crippen molar-refractivity contribution in [2.45, 2.75) is 51.7 Å². The predicted octanol–water partition coefficient (Wildman–Crippen LogP) is 2.25. The van der Waals surface area contributed by atoms with Crippen LogP contribution in [0.1, 0.15) is 47.0 Å². The van der Waals surface area contributed by atoms with Crippen LogP contribution in [0.4, 0.5) is 0 Å². The van der Waals surface area contributed by atoms with Crippen molar-refractivity contribution in [1.29, 1.82) is 0 Å². The Hall–Kier alpha value is -0.550. The largest absolute Gasteiger partial charge is 0.591 e. The minimum Gasteiger partial charge on any atom is -0.591 e. The van der Waals surface area contributed by atoms with Crippen molar-refractivity contribution in [2.75, 3.05) is 6.61 Å². The number of rotatable bonds is 4. The van der Waals surface area contributed by atoms with Crippen molar-refractivity contribution in [3.63, 3.8) is 0 Å². The molecule has 18 heavy (non-hydrogen) atoms. The SMILES string of the molecule is CCOC(=O)C12CC(/C=N/[S+]([O-])C(C)(C)C)(C1)C2. The van der Waals surface area contributed by atoms with Crippen LogP contribution in [0.2, 0.25) is 0 Å². The molecule has 3 aliphatic rings. The normalized spacial score (nSPS) is 35.8. The number of hydrogen-bond acceptors (Lipinski definition) is 4. The van der Waals surface area contributed by atoms with E-state index in [2.05, 4.69) is 4.40 Å². The summed E-state index contributed by atoms with van der Waals surface area (Å²) in [5.74, 6) is -0.0720. The fourth-order valence-corrected chi connectivity index (χ4v) is 3.46. The second-order valence-corrected chi connectivity index (χ2v) is 8.42. The molecule has 0 aliphatic heterocycles. The second-order valence-electron chi connectivity index (χ2n) is 6.49. The highest BCUT2D eigenvalue weighted by Crippen LogP contribution is 2.72. The summed E-state index contributed by atoms with van der Waals surface area (Å²) in [5, 5.41) is 0. The Bertz CT molecular complexity index is 366. The van der Waals surface area contributed by atoms with Crippen LogP contribution in [0.5, 0.6) is 0 Å². The van der Waals surface area contributed by atoms with Gasteiger partial charge in [-0.25, -0.2) is 0 Å². The van der Waals surface area contributed by atoms with Gasteiger partial charge in [0.2, 0.25) is 0 Å². The summed E-state index contributed by atoms with van der Waals surface area (Å²) in [6.07, 6.45) is 4.24. The van der Waals surface area contributed by atoms with Gasteiger partial charge in [0.1, 0.15) is 16.1 Å². The Balaban J connectivity index is 1.87. The van der Waals surface area contributed by atoms with Gasteiger partial charge in [-0.05, 0) is 47.0 Å². The standard InChI is InChI=1S/C13H21NO3S/c1-5-17-10(15)13-6-12(7-13,8-13)9-14-18(16)11(2,3)4/h9H,5-8H2,1-4H3/b14-9+. The number of hydrogen-bond donors (Lipinski definition) is 0. The molecule has 1 unspecified atom stereocenters. The molecule has 0 N–H and O–H groups in total. The van der Waals surface area contributed by atoms with E-state index in [9.17, 15) is 9.35 Å². The van der Waals surface area contributed by atoms with Gasteiger partial charge in [-0.1, -0.05) is 4.40 Å². The van der Waals surface area contributed by atoms with Crippen molar-refractivity contribution in [3.8, 4) is 0 Å². The molecule has 2 bridgehead atoms. The molecule has 0 radical (unpaired) electrons. The average Bonchev–Trinajstić information content (AvgIpc) is 2.12. The van der Waals surface area contributed by atoms with Gasteiger partial charge >= 0.3 is 5.97 Å². The van der Waals surface area contributed by atoms with Crippen LogP contribution in [-0.2, 0) is 20.9 Å². The first-order chi connectivity index (χ1) is 8.23. The molecule has 3 saturated carbocycles. The first-order valence-corrected chi connectivity index (χ1v) is 7.48. The number of carbonyl (C=O) groups excluding carboxylic acids is 1. The maximum atomic E-state index is 11.8. The molecule has 3 fully saturated rings. The van der Waals surface area contributed by atoms with E-state index in [0.717, 1.165) is 19.3 Å². The smallest absolute Gasteiger partial charge is 0.312 e. The van der Waals surface area contributed by atoms with E-state index in [0.29, 0.717) is 6.61 Å². The van der Waals surface area contributed by atoms with Gasteiger partial charge in [0, 0.05) is 5.41 Å². The molecule has 0 heterocycles. The molecule has 0 aromatic heterocycles. The minimum atomic E-state index is -1.20. The molecule has 5 heteroatoms. The van der Waals surface area contributed by atoms with Crippen LogP contribution in [0.3, 0.4) is 0 Å². The van der Waals surface area contributed by atoms with Crippen LogP contribution >= 0.6 is 0 Å². The zero-order chi connectivity index (χ0) is 13.6. The first-order valence-electron chi connectivity index (χ1n) is 6.38. The summed E-state index contributed by atoms with van der Waals surface area (Å²) in [6, 6.07) is 0. The average molecular weight is 271 g/mol. The zero-order valence-electron chi connectivity index (χ0n) is 11.5. The first kappa shape index (κ1) is 13.9. The summed E-state index contributed by atoms with van der Waals surface area (Å²) in [5.41, 5.74) is -0.223. The van der Waals surface area contributed by atoms with Gasteiger partial charge in [-0.3, -0.25) is 4.79 Å². The molecule has 4 nitrogen and oxygen atoms in total. The Morgan fingerprint density at radius 1 is 1.44 bits per heavy atom. The molecular formula is C13H21NO3S. The van der Waals surface area contributed by atoms with Crippen molar-refractivity contribution in [1.82, 2.24) is 0 Å². The molecule has 0 amide bonds. The molecule has 3 rings (SSSR count). The van der Waals surface area contributed by atoms with Crippen LogP contribution in [0.25, 0.3) is 0 Å². The van der Waals surface area contributed by atoms with Crippen LogP contribution in [0, 0.1) is 10.8 Å². The lowest BCUT2D eigenvalue weighted by Crippen LogP contribution is -2.66. The lowest BCUT2D eigenvalue weighted by Gasteiger charge is -2.66. The monoisotopic (exact) mass is 271 g/mol. The second kappa shape index (κ2) is 4.23. The van der Waals surface area contributed by atoms with Gasteiger partial charge in [0.15, 0.2) is 0 Å². The van der Waals surface area contributed by atoms with E-state index in [1.165, 1.54) is 0 Å². The van der Waals surface area contributed by atoms with Crippen LogP contribution in [0.15, 0.2) is 4.40 Å². The van der Waals surface area contributed by atoms with Gasteiger partial charge in [0.05, 0.1) is 18.2 Å². The van der Waals surface area contributed by atoms with Gasteiger partial charge < -0.3 is 9.29 Å². The number of esters is 1. The fraction of sp³-hybridized carbons (Fsp3) is 0.846. The molecule has 0 aromatic carbocycles. The summed E-state index contributed by atoms with van der Waals surface area (Å²) >= 11 is -1.20.